The van der Waals surface area contributed by atoms with E-state index >= 15 is 0 Å². The van der Waals surface area contributed by atoms with Crippen LogP contribution in [0.2, 0.25) is 0 Å². The van der Waals surface area contributed by atoms with Crippen molar-refractivity contribution in [3.8, 4) is 5.75 Å². The fraction of sp³-hybridized carbons (Fsp3) is 0.647. The number of rotatable bonds is 4. The SMILES string of the molecule is CC(C)Oc1ccc(C2C(CN)CCCCN2C)cc1. The molecule has 2 N–H and O–H groups in total. The lowest BCUT2D eigenvalue weighted by Gasteiger charge is -2.32. The summed E-state index contributed by atoms with van der Waals surface area (Å²) in [6.07, 6.45) is 4.02. The van der Waals surface area contributed by atoms with Crippen LogP contribution in [0, 0.1) is 5.92 Å². The summed E-state index contributed by atoms with van der Waals surface area (Å²) >= 11 is 0. The van der Waals surface area contributed by atoms with Gasteiger partial charge in [-0.05, 0) is 70.4 Å². The van der Waals surface area contributed by atoms with E-state index in [2.05, 4.69) is 50.1 Å². The fourth-order valence-corrected chi connectivity index (χ4v) is 3.21. The van der Waals surface area contributed by atoms with Crippen LogP contribution in [0.15, 0.2) is 24.3 Å². The number of hydrogen-bond donors (Lipinski definition) is 1. The van der Waals surface area contributed by atoms with Crippen molar-refractivity contribution < 1.29 is 4.74 Å². The molecule has 3 heteroatoms. The molecule has 0 spiro atoms. The van der Waals surface area contributed by atoms with Crippen molar-refractivity contribution in [2.45, 2.75) is 45.3 Å². The molecule has 0 aliphatic carbocycles. The molecule has 0 bridgehead atoms. The zero-order chi connectivity index (χ0) is 14.5. The Kier molecular flexibility index (Phi) is 5.44. The highest BCUT2D eigenvalue weighted by atomic mass is 16.5. The summed E-state index contributed by atoms with van der Waals surface area (Å²) in [5, 5.41) is 0. The quantitative estimate of drug-likeness (QED) is 0.917. The minimum absolute atomic E-state index is 0.221. The second kappa shape index (κ2) is 7.09. The van der Waals surface area contributed by atoms with E-state index in [9.17, 15) is 0 Å². The molecule has 0 saturated carbocycles. The summed E-state index contributed by atoms with van der Waals surface area (Å²) in [5.41, 5.74) is 7.37. The molecule has 0 radical (unpaired) electrons. The van der Waals surface area contributed by atoms with Crippen LogP contribution in [-0.4, -0.2) is 31.1 Å². The maximum absolute atomic E-state index is 6.01. The van der Waals surface area contributed by atoms with Crippen LogP contribution in [0.25, 0.3) is 0 Å². The van der Waals surface area contributed by atoms with Crippen LogP contribution in [0.3, 0.4) is 0 Å². The summed E-state index contributed by atoms with van der Waals surface area (Å²) in [6, 6.07) is 9.01. The van der Waals surface area contributed by atoms with Gasteiger partial charge in [0, 0.05) is 6.04 Å². The molecule has 1 aliphatic heterocycles. The molecule has 1 heterocycles. The van der Waals surface area contributed by atoms with E-state index in [-0.39, 0.29) is 6.10 Å². The lowest BCUT2D eigenvalue weighted by atomic mass is 9.89. The first kappa shape index (κ1) is 15.3. The van der Waals surface area contributed by atoms with Gasteiger partial charge in [-0.3, -0.25) is 4.90 Å². The largest absolute Gasteiger partial charge is 0.491 e. The molecule has 1 fully saturated rings. The lowest BCUT2D eigenvalue weighted by molar-refractivity contribution is 0.195. The number of hydrogen-bond acceptors (Lipinski definition) is 3. The highest BCUT2D eigenvalue weighted by molar-refractivity contribution is 5.30. The van der Waals surface area contributed by atoms with Gasteiger partial charge in [0.25, 0.3) is 0 Å². The number of nitrogens with two attached hydrogens (primary N) is 1. The van der Waals surface area contributed by atoms with E-state index in [1.807, 2.05) is 0 Å². The fourth-order valence-electron chi connectivity index (χ4n) is 3.21. The predicted octanol–water partition coefficient (Wildman–Crippen LogP) is 3.21. The third-order valence-electron chi connectivity index (χ3n) is 4.15. The van der Waals surface area contributed by atoms with Crippen molar-refractivity contribution in [3.05, 3.63) is 29.8 Å². The Bertz CT molecular complexity index is 402. The zero-order valence-corrected chi connectivity index (χ0v) is 13.0. The Morgan fingerprint density at radius 2 is 1.95 bits per heavy atom. The summed E-state index contributed by atoms with van der Waals surface area (Å²) in [7, 11) is 2.22. The van der Waals surface area contributed by atoms with Gasteiger partial charge in [0.15, 0.2) is 0 Å². The number of nitrogens with zero attached hydrogens (tertiary/aromatic N) is 1. The van der Waals surface area contributed by atoms with Crippen LogP contribution in [0.5, 0.6) is 5.75 Å². The molecule has 2 atom stereocenters. The van der Waals surface area contributed by atoms with Crippen LogP contribution < -0.4 is 10.5 Å². The Labute approximate surface area is 123 Å². The first-order valence-corrected chi connectivity index (χ1v) is 7.78. The van der Waals surface area contributed by atoms with Gasteiger partial charge in [-0.1, -0.05) is 18.6 Å². The van der Waals surface area contributed by atoms with Crippen molar-refractivity contribution >= 4 is 0 Å². The highest BCUT2D eigenvalue weighted by Gasteiger charge is 2.27. The molecule has 2 unspecified atom stereocenters. The molecule has 0 aromatic heterocycles. The maximum atomic E-state index is 6.01. The molecule has 112 valence electrons. The smallest absolute Gasteiger partial charge is 0.119 e. The predicted molar refractivity (Wildman–Crippen MR) is 84.0 cm³/mol. The molecular weight excluding hydrogens is 248 g/mol. The lowest BCUT2D eigenvalue weighted by Crippen LogP contribution is -2.32. The topological polar surface area (TPSA) is 38.5 Å². The van der Waals surface area contributed by atoms with Crippen LogP contribution in [0.4, 0.5) is 0 Å². The second-order valence-corrected chi connectivity index (χ2v) is 6.15. The molecule has 3 nitrogen and oxygen atoms in total. The van der Waals surface area contributed by atoms with E-state index in [1.165, 1.54) is 24.8 Å². The van der Waals surface area contributed by atoms with Gasteiger partial charge in [-0.25, -0.2) is 0 Å². The summed E-state index contributed by atoms with van der Waals surface area (Å²) in [5.74, 6) is 1.50. The standard InChI is InChI=1S/C17H28N2O/c1-13(2)20-16-9-7-14(8-10-16)17-15(12-18)6-4-5-11-19(17)3/h7-10,13,15,17H,4-6,11-12,18H2,1-3H3. The van der Waals surface area contributed by atoms with E-state index in [0.717, 1.165) is 18.8 Å². The van der Waals surface area contributed by atoms with Crippen molar-refractivity contribution in [2.75, 3.05) is 20.1 Å². The Hall–Kier alpha value is -1.06. The van der Waals surface area contributed by atoms with Crippen molar-refractivity contribution in [1.82, 2.24) is 4.90 Å². The molecule has 1 saturated heterocycles. The van der Waals surface area contributed by atoms with Gasteiger partial charge < -0.3 is 10.5 Å². The van der Waals surface area contributed by atoms with Crippen molar-refractivity contribution in [3.63, 3.8) is 0 Å². The number of likely N-dealkylation sites (tertiary alicyclic amines) is 1. The van der Waals surface area contributed by atoms with Crippen molar-refractivity contribution in [1.29, 1.82) is 0 Å². The van der Waals surface area contributed by atoms with Gasteiger partial charge in [-0.2, -0.15) is 0 Å². The Morgan fingerprint density at radius 1 is 1.25 bits per heavy atom. The molecule has 0 amide bonds. The summed E-state index contributed by atoms with van der Waals surface area (Å²) < 4.78 is 5.72. The van der Waals surface area contributed by atoms with E-state index in [0.29, 0.717) is 12.0 Å². The first-order chi connectivity index (χ1) is 9.61. The number of benzene rings is 1. The zero-order valence-electron chi connectivity index (χ0n) is 13.0. The minimum Gasteiger partial charge on any atom is -0.491 e. The van der Waals surface area contributed by atoms with Gasteiger partial charge >= 0.3 is 0 Å². The molecule has 1 aromatic rings. The molecule has 20 heavy (non-hydrogen) atoms. The molecule has 2 rings (SSSR count). The third-order valence-corrected chi connectivity index (χ3v) is 4.15. The van der Waals surface area contributed by atoms with E-state index in [4.69, 9.17) is 10.5 Å². The van der Waals surface area contributed by atoms with Crippen LogP contribution in [0.1, 0.15) is 44.7 Å². The van der Waals surface area contributed by atoms with Gasteiger partial charge in [0.1, 0.15) is 5.75 Å². The Balaban J connectivity index is 2.18. The van der Waals surface area contributed by atoms with Crippen LogP contribution >= 0.6 is 0 Å². The van der Waals surface area contributed by atoms with Crippen LogP contribution in [-0.2, 0) is 0 Å². The highest BCUT2D eigenvalue weighted by Crippen LogP contribution is 2.34. The Morgan fingerprint density at radius 3 is 2.55 bits per heavy atom. The third kappa shape index (κ3) is 3.74. The minimum atomic E-state index is 0.221. The second-order valence-electron chi connectivity index (χ2n) is 6.15. The van der Waals surface area contributed by atoms with Crippen molar-refractivity contribution in [2.24, 2.45) is 11.7 Å². The summed E-state index contributed by atoms with van der Waals surface area (Å²) in [6.45, 7) is 6.03. The first-order valence-electron chi connectivity index (χ1n) is 7.78. The molecular formula is C17H28N2O. The number of ether oxygens (including phenoxy) is 1. The maximum Gasteiger partial charge on any atom is 0.119 e. The van der Waals surface area contributed by atoms with Gasteiger partial charge in [0.2, 0.25) is 0 Å². The average Bonchev–Trinajstić information content (AvgIpc) is 2.60. The average molecular weight is 276 g/mol. The van der Waals surface area contributed by atoms with Gasteiger partial charge in [-0.15, -0.1) is 0 Å². The monoisotopic (exact) mass is 276 g/mol. The molecule has 1 aliphatic rings. The van der Waals surface area contributed by atoms with Gasteiger partial charge in [0.05, 0.1) is 6.10 Å². The van der Waals surface area contributed by atoms with E-state index < -0.39 is 0 Å². The van der Waals surface area contributed by atoms with E-state index in [1.54, 1.807) is 0 Å². The normalized spacial score (nSPS) is 24.6. The summed E-state index contributed by atoms with van der Waals surface area (Å²) in [4.78, 5) is 2.46. The molecule has 1 aromatic carbocycles.